The summed E-state index contributed by atoms with van der Waals surface area (Å²) in [5.41, 5.74) is 5.60. The lowest BCUT2D eigenvalue weighted by atomic mass is 9.91. The molecule has 2 aromatic rings. The highest BCUT2D eigenvalue weighted by Crippen LogP contribution is 2.22. The van der Waals surface area contributed by atoms with Gasteiger partial charge >= 0.3 is 5.97 Å². The van der Waals surface area contributed by atoms with Crippen molar-refractivity contribution in [2.45, 2.75) is 65.8 Å². The van der Waals surface area contributed by atoms with Crippen molar-refractivity contribution in [2.24, 2.45) is 5.92 Å². The SMILES string of the molecule is C=C(CCC(=O)O)NC(Cc1ccc(-c2ccccc2)cc1)C[C@@H](C)C(=C)C.CCC. The van der Waals surface area contributed by atoms with Crippen LogP contribution in [-0.4, -0.2) is 17.1 Å². The molecule has 0 fully saturated rings. The van der Waals surface area contributed by atoms with Gasteiger partial charge in [0.05, 0.1) is 6.42 Å². The molecule has 1 unspecified atom stereocenters. The highest BCUT2D eigenvalue weighted by atomic mass is 16.4. The van der Waals surface area contributed by atoms with Crippen LogP contribution in [0.1, 0.15) is 58.9 Å². The van der Waals surface area contributed by atoms with Gasteiger partial charge in [-0.05, 0) is 48.8 Å². The van der Waals surface area contributed by atoms with E-state index in [1.54, 1.807) is 0 Å². The number of hydrogen-bond donors (Lipinski definition) is 2. The third kappa shape index (κ3) is 10.7. The van der Waals surface area contributed by atoms with E-state index in [2.05, 4.69) is 82.6 Å². The van der Waals surface area contributed by atoms with Crippen LogP contribution < -0.4 is 5.32 Å². The Morgan fingerprint density at radius 2 is 1.52 bits per heavy atom. The molecule has 0 radical (unpaired) electrons. The van der Waals surface area contributed by atoms with Crippen LogP contribution in [0.15, 0.2) is 79.0 Å². The normalized spacial score (nSPS) is 12.1. The van der Waals surface area contributed by atoms with E-state index >= 15 is 0 Å². The minimum atomic E-state index is -0.800. The zero-order chi connectivity index (χ0) is 23.2. The van der Waals surface area contributed by atoms with E-state index in [1.165, 1.54) is 23.1 Å². The molecular weight excluding hydrogens is 382 g/mol. The number of carbonyl (C=O) groups is 1. The van der Waals surface area contributed by atoms with E-state index in [1.807, 2.05) is 18.2 Å². The average molecular weight is 422 g/mol. The maximum atomic E-state index is 10.8. The van der Waals surface area contributed by atoms with Gasteiger partial charge in [0.1, 0.15) is 0 Å². The fourth-order valence-electron chi connectivity index (χ4n) is 3.19. The van der Waals surface area contributed by atoms with Crippen LogP contribution in [0.25, 0.3) is 11.1 Å². The van der Waals surface area contributed by atoms with Crippen LogP contribution in [-0.2, 0) is 11.2 Å². The third-order valence-electron chi connectivity index (χ3n) is 5.07. The van der Waals surface area contributed by atoms with Crippen LogP contribution >= 0.6 is 0 Å². The predicted molar refractivity (Wildman–Crippen MR) is 133 cm³/mol. The number of hydrogen-bond acceptors (Lipinski definition) is 2. The molecular formula is C28H39NO2. The van der Waals surface area contributed by atoms with Crippen molar-refractivity contribution in [1.82, 2.24) is 5.32 Å². The smallest absolute Gasteiger partial charge is 0.303 e. The van der Waals surface area contributed by atoms with E-state index in [0.717, 1.165) is 24.1 Å². The number of benzene rings is 2. The van der Waals surface area contributed by atoms with E-state index in [0.29, 0.717) is 12.3 Å². The van der Waals surface area contributed by atoms with Gasteiger partial charge in [-0.3, -0.25) is 4.79 Å². The second kappa shape index (κ2) is 14.2. The number of nitrogens with one attached hydrogen (secondary N) is 1. The Balaban J connectivity index is 0.00000151. The fraction of sp³-hybridized carbons (Fsp3) is 0.393. The molecule has 2 atom stereocenters. The van der Waals surface area contributed by atoms with Crippen LogP contribution in [0.3, 0.4) is 0 Å². The summed E-state index contributed by atoms with van der Waals surface area (Å²) in [6.07, 6.45) is 3.58. The minimum absolute atomic E-state index is 0.0976. The van der Waals surface area contributed by atoms with Gasteiger partial charge in [-0.1, -0.05) is 101 Å². The summed E-state index contributed by atoms with van der Waals surface area (Å²) < 4.78 is 0. The Labute approximate surface area is 188 Å². The monoisotopic (exact) mass is 421 g/mol. The molecule has 0 aliphatic carbocycles. The van der Waals surface area contributed by atoms with E-state index in [-0.39, 0.29) is 12.5 Å². The van der Waals surface area contributed by atoms with Crippen molar-refractivity contribution in [3.63, 3.8) is 0 Å². The van der Waals surface area contributed by atoms with Crippen molar-refractivity contribution in [1.29, 1.82) is 0 Å². The molecule has 0 aromatic heterocycles. The molecule has 0 bridgehead atoms. The van der Waals surface area contributed by atoms with Gasteiger partial charge in [-0.15, -0.1) is 0 Å². The summed E-state index contributed by atoms with van der Waals surface area (Å²) in [5, 5.41) is 12.3. The minimum Gasteiger partial charge on any atom is -0.481 e. The van der Waals surface area contributed by atoms with Crippen molar-refractivity contribution >= 4 is 5.97 Å². The van der Waals surface area contributed by atoms with Gasteiger partial charge in [-0.25, -0.2) is 0 Å². The van der Waals surface area contributed by atoms with Gasteiger partial charge in [0.25, 0.3) is 0 Å². The second-order valence-electron chi connectivity index (χ2n) is 8.30. The number of allylic oxidation sites excluding steroid dienone is 2. The molecule has 0 aliphatic heterocycles. The Morgan fingerprint density at radius 3 is 2.03 bits per heavy atom. The Kier molecular flexibility index (Phi) is 12.0. The third-order valence-corrected chi connectivity index (χ3v) is 5.07. The fourth-order valence-corrected chi connectivity index (χ4v) is 3.19. The largest absolute Gasteiger partial charge is 0.481 e. The van der Waals surface area contributed by atoms with Crippen molar-refractivity contribution in [3.05, 3.63) is 84.6 Å². The molecule has 31 heavy (non-hydrogen) atoms. The number of carboxylic acids is 1. The maximum Gasteiger partial charge on any atom is 0.303 e. The molecule has 168 valence electrons. The molecule has 0 saturated carbocycles. The summed E-state index contributed by atoms with van der Waals surface area (Å²) in [6, 6.07) is 19.2. The molecule has 0 saturated heterocycles. The second-order valence-corrected chi connectivity index (χ2v) is 8.30. The molecule has 0 spiro atoms. The molecule has 0 aliphatic rings. The molecule has 2 N–H and O–H groups in total. The van der Waals surface area contributed by atoms with E-state index in [9.17, 15) is 4.79 Å². The number of carboxylic acid groups (broad SMARTS) is 1. The van der Waals surface area contributed by atoms with Gasteiger partial charge in [0, 0.05) is 11.7 Å². The van der Waals surface area contributed by atoms with Gasteiger partial charge in [0.15, 0.2) is 0 Å². The van der Waals surface area contributed by atoms with Gasteiger partial charge < -0.3 is 10.4 Å². The van der Waals surface area contributed by atoms with Crippen LogP contribution in [0, 0.1) is 5.92 Å². The molecule has 2 rings (SSSR count). The first kappa shape index (κ1) is 26.2. The summed E-state index contributed by atoms with van der Waals surface area (Å²) in [5.74, 6) is -0.417. The first-order valence-electron chi connectivity index (χ1n) is 11.2. The van der Waals surface area contributed by atoms with E-state index < -0.39 is 5.97 Å². The molecule has 0 amide bonds. The molecule has 3 heteroatoms. The van der Waals surface area contributed by atoms with Gasteiger partial charge in [-0.2, -0.15) is 0 Å². The van der Waals surface area contributed by atoms with Crippen LogP contribution in [0.5, 0.6) is 0 Å². The molecule has 3 nitrogen and oxygen atoms in total. The zero-order valence-electron chi connectivity index (χ0n) is 19.7. The Hall–Kier alpha value is -2.81. The number of aliphatic carboxylic acids is 1. The van der Waals surface area contributed by atoms with Crippen LogP contribution in [0.2, 0.25) is 0 Å². The summed E-state index contributed by atoms with van der Waals surface area (Å²) in [4.78, 5) is 10.8. The molecule has 0 heterocycles. The van der Waals surface area contributed by atoms with Crippen molar-refractivity contribution in [2.75, 3.05) is 0 Å². The maximum absolute atomic E-state index is 10.8. The first-order chi connectivity index (χ1) is 14.8. The topological polar surface area (TPSA) is 49.3 Å². The lowest BCUT2D eigenvalue weighted by Crippen LogP contribution is -2.32. The summed E-state index contributed by atoms with van der Waals surface area (Å²) >= 11 is 0. The quantitative estimate of drug-likeness (QED) is 0.376. The summed E-state index contributed by atoms with van der Waals surface area (Å²) in [6.45, 7) is 16.6. The highest BCUT2D eigenvalue weighted by Gasteiger charge is 2.16. The number of rotatable bonds is 11. The van der Waals surface area contributed by atoms with Crippen LogP contribution in [0.4, 0.5) is 0 Å². The molecule has 2 aromatic carbocycles. The Morgan fingerprint density at radius 1 is 0.968 bits per heavy atom. The lowest BCUT2D eigenvalue weighted by Gasteiger charge is -2.25. The highest BCUT2D eigenvalue weighted by molar-refractivity contribution is 5.67. The zero-order valence-corrected chi connectivity index (χ0v) is 19.7. The van der Waals surface area contributed by atoms with E-state index in [4.69, 9.17) is 5.11 Å². The summed E-state index contributed by atoms with van der Waals surface area (Å²) in [7, 11) is 0. The predicted octanol–water partition coefficient (Wildman–Crippen LogP) is 7.25. The van der Waals surface area contributed by atoms with Gasteiger partial charge in [0.2, 0.25) is 0 Å². The lowest BCUT2D eigenvalue weighted by molar-refractivity contribution is -0.136. The van der Waals surface area contributed by atoms with Crippen molar-refractivity contribution < 1.29 is 9.90 Å². The standard InChI is InChI=1S/C25H31NO2.C3H8/c1-18(2)19(3)16-24(26-20(4)10-15-25(27)28)17-21-11-13-23(14-12-21)22-8-6-5-7-9-22;1-3-2/h5-9,11-14,19,24,26H,1,4,10,15-17H2,2-3H3,(H,27,28);3H2,1-2H3/t19-,24?;/m1./s1. The average Bonchev–Trinajstić information content (AvgIpc) is 2.74. The first-order valence-corrected chi connectivity index (χ1v) is 11.2. The Bertz CT molecular complexity index is 809. The van der Waals surface area contributed by atoms with Crippen molar-refractivity contribution in [3.8, 4) is 11.1 Å².